The largest absolute Gasteiger partial charge is 0.459 e. The number of anilines is 1. The van der Waals surface area contributed by atoms with Crippen LogP contribution in [0.2, 0.25) is 0 Å². The van der Waals surface area contributed by atoms with Gasteiger partial charge >= 0.3 is 11.9 Å². The number of hydrogen-bond acceptors (Lipinski definition) is 6. The van der Waals surface area contributed by atoms with Crippen molar-refractivity contribution in [1.29, 1.82) is 0 Å². The quantitative estimate of drug-likeness (QED) is 0.198. The van der Waals surface area contributed by atoms with Crippen LogP contribution >= 0.6 is 0 Å². The molecule has 0 radical (unpaired) electrons. The average molecular weight is 497 g/mol. The summed E-state index contributed by atoms with van der Waals surface area (Å²) in [4.78, 5) is 38.3. The number of esters is 2. The van der Waals surface area contributed by atoms with E-state index in [0.29, 0.717) is 0 Å². The van der Waals surface area contributed by atoms with Crippen molar-refractivity contribution in [2.75, 3.05) is 5.73 Å². The molecule has 0 saturated heterocycles. The Kier molecular flexibility index (Phi) is 7.99. The number of nitrogens with two attached hydrogens (primary N) is 1. The lowest BCUT2D eigenvalue weighted by molar-refractivity contribution is -0.169. The Morgan fingerprint density at radius 2 is 1.29 bits per heavy atom. The molecule has 0 aliphatic carbocycles. The molecule has 35 heavy (non-hydrogen) atoms. The molecule has 2 aromatic carbocycles. The van der Waals surface area contributed by atoms with Gasteiger partial charge in [0.1, 0.15) is 28.7 Å². The third kappa shape index (κ3) is 6.80. The van der Waals surface area contributed by atoms with Gasteiger partial charge in [0.15, 0.2) is 17.5 Å². The maximum Gasteiger partial charge on any atom is 0.325 e. The van der Waals surface area contributed by atoms with Crippen LogP contribution in [0, 0.1) is 23.3 Å². The van der Waals surface area contributed by atoms with Crippen LogP contribution in [-0.4, -0.2) is 28.9 Å². The summed E-state index contributed by atoms with van der Waals surface area (Å²) < 4.78 is 69.0. The molecule has 0 heterocycles. The van der Waals surface area contributed by atoms with E-state index in [4.69, 9.17) is 15.2 Å². The number of halogens is 4. The number of ether oxygens (including phenoxy) is 2. The van der Waals surface area contributed by atoms with Crippen LogP contribution in [0.15, 0.2) is 24.3 Å². The monoisotopic (exact) mass is 497 g/mol. The lowest BCUT2D eigenvalue weighted by atomic mass is 9.92. The molecular formula is C25H27F4NO5. The first-order valence-corrected chi connectivity index (χ1v) is 10.6. The van der Waals surface area contributed by atoms with E-state index in [1.54, 1.807) is 0 Å². The van der Waals surface area contributed by atoms with E-state index in [9.17, 15) is 27.6 Å². The molecule has 0 unspecified atom stereocenters. The molecule has 2 N–H and O–H groups in total. The Labute approximate surface area is 200 Å². The summed E-state index contributed by atoms with van der Waals surface area (Å²) in [5.74, 6) is -11.1. The second kappa shape index (κ2) is 10.1. The Hall–Kier alpha value is -3.43. The fourth-order valence-electron chi connectivity index (χ4n) is 3.15. The normalized spacial score (nSPS) is 12.0. The molecule has 0 fully saturated rings. The Bertz CT molecular complexity index is 1140. The van der Waals surface area contributed by atoms with Gasteiger partial charge in [-0.2, -0.15) is 0 Å². The predicted molar refractivity (Wildman–Crippen MR) is 120 cm³/mol. The summed E-state index contributed by atoms with van der Waals surface area (Å²) in [6, 6.07) is 3.30. The van der Waals surface area contributed by atoms with E-state index in [0.717, 1.165) is 24.3 Å². The topological polar surface area (TPSA) is 95.7 Å². The van der Waals surface area contributed by atoms with Gasteiger partial charge in [0, 0.05) is 12.0 Å². The molecule has 0 aromatic heterocycles. The van der Waals surface area contributed by atoms with Crippen LogP contribution in [0.3, 0.4) is 0 Å². The van der Waals surface area contributed by atoms with Crippen molar-refractivity contribution in [2.45, 2.75) is 65.1 Å². The summed E-state index contributed by atoms with van der Waals surface area (Å²) in [6.45, 7) is 8.96. The van der Waals surface area contributed by atoms with Crippen LogP contribution in [0.5, 0.6) is 0 Å². The molecule has 0 atom stereocenters. The second-order valence-electron chi connectivity index (χ2n) is 9.86. The standard InChI is InChI=1S/C25H27F4NO5/c1-24(2,3)34-22(32)19(23(33)35-25(4,5)6)18-14(27)8-7-12(20(18)28)11-16(31)17-13(26)9-10-15(30)21(17)29/h7-10,19H,11,30H2,1-6H3. The first kappa shape index (κ1) is 27.8. The zero-order chi connectivity index (χ0) is 26.9. The molecule has 0 bridgehead atoms. The van der Waals surface area contributed by atoms with Crippen molar-refractivity contribution in [1.82, 2.24) is 0 Å². The first-order valence-electron chi connectivity index (χ1n) is 10.6. The lowest BCUT2D eigenvalue weighted by Crippen LogP contribution is -2.36. The van der Waals surface area contributed by atoms with Crippen molar-refractivity contribution in [3.05, 3.63) is 64.2 Å². The summed E-state index contributed by atoms with van der Waals surface area (Å²) in [5.41, 5.74) is 0.153. The molecule has 190 valence electrons. The SMILES string of the molecule is CC(C)(C)OC(=O)C(C(=O)OC(C)(C)C)c1c(F)ccc(CC(=O)c2c(F)ccc(N)c2F)c1F. The number of benzene rings is 2. The number of Topliss-reactive ketones (excluding diaryl/α,β-unsaturated/α-hetero) is 1. The van der Waals surface area contributed by atoms with Gasteiger partial charge in [0.2, 0.25) is 0 Å². The van der Waals surface area contributed by atoms with Crippen LogP contribution in [0.4, 0.5) is 23.2 Å². The van der Waals surface area contributed by atoms with E-state index >= 15 is 4.39 Å². The van der Waals surface area contributed by atoms with Gasteiger partial charge in [-0.25, -0.2) is 17.6 Å². The number of hydrogen-bond donors (Lipinski definition) is 1. The second-order valence-corrected chi connectivity index (χ2v) is 9.86. The Morgan fingerprint density at radius 1 is 0.800 bits per heavy atom. The van der Waals surface area contributed by atoms with Crippen LogP contribution < -0.4 is 5.73 Å². The molecule has 0 spiro atoms. The maximum absolute atomic E-state index is 15.5. The zero-order valence-corrected chi connectivity index (χ0v) is 20.2. The summed E-state index contributed by atoms with van der Waals surface area (Å²) >= 11 is 0. The van der Waals surface area contributed by atoms with E-state index in [1.807, 2.05) is 0 Å². The van der Waals surface area contributed by atoms with Crippen LogP contribution in [-0.2, 0) is 25.5 Å². The number of carbonyl (C=O) groups excluding carboxylic acids is 3. The minimum absolute atomic E-state index is 0.495. The number of ketones is 1. The average Bonchev–Trinajstić information content (AvgIpc) is 2.67. The minimum Gasteiger partial charge on any atom is -0.459 e. The molecule has 0 saturated carbocycles. The zero-order valence-electron chi connectivity index (χ0n) is 20.2. The third-order valence-electron chi connectivity index (χ3n) is 4.53. The van der Waals surface area contributed by atoms with Crippen molar-refractivity contribution < 1.29 is 41.4 Å². The lowest BCUT2D eigenvalue weighted by Gasteiger charge is -2.27. The molecular weight excluding hydrogens is 470 g/mol. The van der Waals surface area contributed by atoms with Crippen molar-refractivity contribution >= 4 is 23.4 Å². The molecule has 0 amide bonds. The van der Waals surface area contributed by atoms with Gasteiger partial charge < -0.3 is 15.2 Å². The van der Waals surface area contributed by atoms with Crippen LogP contribution in [0.1, 0.15) is 68.9 Å². The van der Waals surface area contributed by atoms with Gasteiger partial charge in [-0.15, -0.1) is 0 Å². The molecule has 0 aliphatic rings. The van der Waals surface area contributed by atoms with Gasteiger partial charge in [0.25, 0.3) is 0 Å². The number of nitrogen functional groups attached to an aromatic ring is 1. The molecule has 0 aliphatic heterocycles. The molecule has 10 heteroatoms. The van der Waals surface area contributed by atoms with Crippen LogP contribution in [0.25, 0.3) is 0 Å². The molecule has 6 nitrogen and oxygen atoms in total. The fraction of sp³-hybridized carbons (Fsp3) is 0.400. The predicted octanol–water partition coefficient (Wildman–Crippen LogP) is 5.02. The highest BCUT2D eigenvalue weighted by atomic mass is 19.1. The van der Waals surface area contributed by atoms with Crippen molar-refractivity contribution in [2.24, 2.45) is 0 Å². The van der Waals surface area contributed by atoms with Crippen molar-refractivity contribution in [3.63, 3.8) is 0 Å². The smallest absolute Gasteiger partial charge is 0.325 e. The number of carbonyl (C=O) groups is 3. The highest BCUT2D eigenvalue weighted by Gasteiger charge is 2.40. The van der Waals surface area contributed by atoms with E-state index in [2.05, 4.69) is 0 Å². The summed E-state index contributed by atoms with van der Waals surface area (Å²) in [6.07, 6.45) is -0.911. The van der Waals surface area contributed by atoms with Gasteiger partial charge in [-0.3, -0.25) is 14.4 Å². The van der Waals surface area contributed by atoms with Crippen molar-refractivity contribution in [3.8, 4) is 0 Å². The maximum atomic E-state index is 15.5. The Balaban J connectivity index is 2.59. The summed E-state index contributed by atoms with van der Waals surface area (Å²) in [7, 11) is 0. The summed E-state index contributed by atoms with van der Waals surface area (Å²) in [5, 5.41) is 0. The Morgan fingerprint density at radius 3 is 1.77 bits per heavy atom. The third-order valence-corrected chi connectivity index (χ3v) is 4.53. The number of rotatable bonds is 6. The van der Waals surface area contributed by atoms with E-state index < -0.39 is 86.9 Å². The molecule has 2 rings (SSSR count). The van der Waals surface area contributed by atoms with Gasteiger partial charge in [-0.05, 0) is 65.3 Å². The highest BCUT2D eigenvalue weighted by molar-refractivity contribution is 6.02. The van der Waals surface area contributed by atoms with E-state index in [-0.39, 0.29) is 0 Å². The van der Waals surface area contributed by atoms with Gasteiger partial charge in [-0.1, -0.05) is 6.07 Å². The van der Waals surface area contributed by atoms with Gasteiger partial charge in [0.05, 0.1) is 11.3 Å². The minimum atomic E-state index is -2.16. The van der Waals surface area contributed by atoms with E-state index in [1.165, 1.54) is 41.5 Å². The first-order chi connectivity index (χ1) is 15.9. The fourth-order valence-corrected chi connectivity index (χ4v) is 3.15. The molecule has 2 aromatic rings. The highest BCUT2D eigenvalue weighted by Crippen LogP contribution is 2.31.